The van der Waals surface area contributed by atoms with Gasteiger partial charge in [-0.25, -0.2) is 4.79 Å². The fourth-order valence-electron chi connectivity index (χ4n) is 5.21. The zero-order chi connectivity index (χ0) is 19.5. The van der Waals surface area contributed by atoms with Gasteiger partial charge in [0.1, 0.15) is 0 Å². The maximum atomic E-state index is 12.9. The molecule has 3 saturated carbocycles. The number of ether oxygens (including phenoxy) is 1. The smallest absolute Gasteiger partial charge is 0.407 e. The van der Waals surface area contributed by atoms with Crippen LogP contribution in [-0.2, 0) is 14.9 Å². The van der Waals surface area contributed by atoms with E-state index in [0.717, 1.165) is 31.8 Å². The fraction of sp³-hybridized carbons (Fsp3) is 0.652. The number of nitrogens with zero attached hydrogens (tertiary/aromatic N) is 1. The summed E-state index contributed by atoms with van der Waals surface area (Å²) in [6, 6.07) is 9.30. The molecule has 1 N–H and O–H groups in total. The van der Waals surface area contributed by atoms with Gasteiger partial charge in [-0.1, -0.05) is 24.3 Å². The minimum Gasteiger partial charge on any atom is -0.447 e. The molecule has 1 aromatic rings. The summed E-state index contributed by atoms with van der Waals surface area (Å²) in [6.45, 7) is 5.43. The Morgan fingerprint density at radius 2 is 1.89 bits per heavy atom. The van der Waals surface area contributed by atoms with E-state index in [2.05, 4.69) is 34.5 Å². The van der Waals surface area contributed by atoms with E-state index in [9.17, 15) is 9.59 Å². The van der Waals surface area contributed by atoms with Crippen LogP contribution in [0.1, 0.15) is 63.0 Å². The standard InChI is InChI=1S/C23H30N2O3/c1-14(2)28-22(27)24-20-9-17(10-20)21(26)25-12-19-11-23(19,13-25)18-7-5-16(6-8-18)15-3-4-15/h5-8,14-15,17,19-20H,3-4,9-13H2,1-2H3,(H,24,27). The van der Waals surface area contributed by atoms with E-state index < -0.39 is 0 Å². The Morgan fingerprint density at radius 1 is 1.18 bits per heavy atom. The number of hydrogen-bond acceptors (Lipinski definition) is 3. The Labute approximate surface area is 166 Å². The predicted octanol–water partition coefficient (Wildman–Crippen LogP) is 3.58. The predicted molar refractivity (Wildman–Crippen MR) is 106 cm³/mol. The molecule has 4 fully saturated rings. The van der Waals surface area contributed by atoms with Crippen LogP contribution in [0.2, 0.25) is 0 Å². The highest BCUT2D eigenvalue weighted by molar-refractivity contribution is 5.81. The minimum absolute atomic E-state index is 0.0520. The summed E-state index contributed by atoms with van der Waals surface area (Å²) in [6.07, 6.45) is 4.86. The van der Waals surface area contributed by atoms with E-state index in [1.54, 1.807) is 0 Å². The highest BCUT2D eigenvalue weighted by Crippen LogP contribution is 2.59. The summed E-state index contributed by atoms with van der Waals surface area (Å²) < 4.78 is 5.12. The minimum atomic E-state index is -0.373. The van der Waals surface area contributed by atoms with Crippen molar-refractivity contribution in [1.82, 2.24) is 10.2 Å². The monoisotopic (exact) mass is 382 g/mol. The molecule has 0 bridgehead atoms. The maximum absolute atomic E-state index is 12.9. The van der Waals surface area contributed by atoms with Crippen LogP contribution in [0, 0.1) is 11.8 Å². The Morgan fingerprint density at radius 3 is 2.54 bits per heavy atom. The highest BCUT2D eigenvalue weighted by Gasteiger charge is 2.62. The molecule has 1 aliphatic heterocycles. The van der Waals surface area contributed by atoms with Gasteiger partial charge in [0.25, 0.3) is 0 Å². The van der Waals surface area contributed by atoms with Crippen LogP contribution in [0.3, 0.4) is 0 Å². The van der Waals surface area contributed by atoms with Crippen LogP contribution in [0.4, 0.5) is 4.79 Å². The molecule has 2 atom stereocenters. The molecular formula is C23H30N2O3. The molecule has 150 valence electrons. The Balaban J connectivity index is 1.14. The van der Waals surface area contributed by atoms with E-state index in [1.807, 2.05) is 13.8 Å². The van der Waals surface area contributed by atoms with Crippen LogP contribution in [0.5, 0.6) is 0 Å². The number of piperidine rings is 1. The van der Waals surface area contributed by atoms with Crippen molar-refractivity contribution >= 4 is 12.0 Å². The Bertz CT molecular complexity index is 780. The second-order valence-corrected chi connectivity index (χ2v) is 9.64. The maximum Gasteiger partial charge on any atom is 0.407 e. The Hall–Kier alpha value is -2.04. The number of amides is 2. The molecule has 2 unspecified atom stereocenters. The van der Waals surface area contributed by atoms with E-state index in [-0.39, 0.29) is 35.5 Å². The zero-order valence-corrected chi connectivity index (χ0v) is 16.8. The van der Waals surface area contributed by atoms with Gasteiger partial charge in [0.15, 0.2) is 0 Å². The lowest BCUT2D eigenvalue weighted by Crippen LogP contribution is -2.50. The summed E-state index contributed by atoms with van der Waals surface area (Å²) in [5.74, 6) is 1.74. The summed E-state index contributed by atoms with van der Waals surface area (Å²) in [7, 11) is 0. The van der Waals surface area contributed by atoms with Gasteiger partial charge in [-0.15, -0.1) is 0 Å². The highest BCUT2D eigenvalue weighted by atomic mass is 16.6. The molecule has 0 spiro atoms. The van der Waals surface area contributed by atoms with Crippen LogP contribution in [0.15, 0.2) is 24.3 Å². The van der Waals surface area contributed by atoms with Gasteiger partial charge in [-0.2, -0.15) is 0 Å². The summed E-state index contributed by atoms with van der Waals surface area (Å²) >= 11 is 0. The molecule has 1 heterocycles. The number of fused-ring (bicyclic) bond motifs is 1. The van der Waals surface area contributed by atoms with Gasteiger partial charge in [0.05, 0.1) is 6.10 Å². The van der Waals surface area contributed by atoms with Crippen LogP contribution >= 0.6 is 0 Å². The summed E-state index contributed by atoms with van der Waals surface area (Å²) in [5.41, 5.74) is 3.11. The zero-order valence-electron chi connectivity index (χ0n) is 16.8. The number of carbonyl (C=O) groups excluding carboxylic acids is 2. The molecule has 2 amide bonds. The number of nitrogens with one attached hydrogen (secondary N) is 1. The van der Waals surface area contributed by atoms with Crippen molar-refractivity contribution in [3.63, 3.8) is 0 Å². The molecule has 0 aromatic heterocycles. The van der Waals surface area contributed by atoms with Gasteiger partial charge >= 0.3 is 6.09 Å². The first-order valence-electron chi connectivity index (χ1n) is 10.8. The van der Waals surface area contributed by atoms with Crippen molar-refractivity contribution in [2.24, 2.45) is 11.8 Å². The van der Waals surface area contributed by atoms with Crippen molar-refractivity contribution in [2.45, 2.75) is 69.4 Å². The third-order valence-electron chi connectivity index (χ3n) is 7.14. The lowest BCUT2D eigenvalue weighted by Gasteiger charge is -2.37. The van der Waals surface area contributed by atoms with Crippen molar-refractivity contribution in [1.29, 1.82) is 0 Å². The number of benzene rings is 1. The van der Waals surface area contributed by atoms with Crippen LogP contribution in [-0.4, -0.2) is 42.1 Å². The number of alkyl carbamates (subject to hydrolysis) is 1. The first-order chi connectivity index (χ1) is 13.4. The average Bonchev–Trinajstić information content (AvgIpc) is 3.55. The molecule has 5 heteroatoms. The van der Waals surface area contributed by atoms with Gasteiger partial charge in [-0.05, 0) is 68.9 Å². The average molecular weight is 383 g/mol. The second-order valence-electron chi connectivity index (χ2n) is 9.64. The van der Waals surface area contributed by atoms with E-state index in [4.69, 9.17) is 4.74 Å². The molecule has 1 saturated heterocycles. The lowest BCUT2D eigenvalue weighted by molar-refractivity contribution is -0.138. The van der Waals surface area contributed by atoms with E-state index in [1.165, 1.54) is 30.4 Å². The van der Waals surface area contributed by atoms with E-state index in [0.29, 0.717) is 5.92 Å². The van der Waals surface area contributed by atoms with Gasteiger partial charge in [-0.3, -0.25) is 4.79 Å². The molecule has 4 aliphatic rings. The summed E-state index contributed by atoms with van der Waals surface area (Å²) in [4.78, 5) is 26.7. The number of hydrogen-bond donors (Lipinski definition) is 1. The SMILES string of the molecule is CC(C)OC(=O)NC1CC(C(=O)N2CC3CC3(c3ccc(C4CC4)cc3)C2)C1. The molecule has 0 radical (unpaired) electrons. The topological polar surface area (TPSA) is 58.6 Å². The van der Waals surface area contributed by atoms with Crippen molar-refractivity contribution < 1.29 is 14.3 Å². The van der Waals surface area contributed by atoms with Gasteiger partial charge < -0.3 is 15.0 Å². The van der Waals surface area contributed by atoms with E-state index >= 15 is 0 Å². The largest absolute Gasteiger partial charge is 0.447 e. The second kappa shape index (κ2) is 6.50. The van der Waals surface area contributed by atoms with Crippen LogP contribution < -0.4 is 5.32 Å². The van der Waals surface area contributed by atoms with Gasteiger partial charge in [0.2, 0.25) is 5.91 Å². The summed E-state index contributed by atoms with van der Waals surface area (Å²) in [5, 5.41) is 2.86. The Kier molecular flexibility index (Phi) is 4.18. The molecule has 5 nitrogen and oxygen atoms in total. The number of rotatable bonds is 5. The molecule has 5 rings (SSSR count). The number of carbonyl (C=O) groups is 2. The molecule has 28 heavy (non-hydrogen) atoms. The van der Waals surface area contributed by atoms with Crippen molar-refractivity contribution in [3.05, 3.63) is 35.4 Å². The number of likely N-dealkylation sites (tertiary alicyclic amines) is 1. The fourth-order valence-corrected chi connectivity index (χ4v) is 5.21. The third kappa shape index (κ3) is 3.19. The first-order valence-corrected chi connectivity index (χ1v) is 10.8. The molecular weight excluding hydrogens is 352 g/mol. The van der Waals surface area contributed by atoms with Crippen molar-refractivity contribution in [3.8, 4) is 0 Å². The lowest BCUT2D eigenvalue weighted by atomic mass is 9.79. The van der Waals surface area contributed by atoms with Crippen molar-refractivity contribution in [2.75, 3.05) is 13.1 Å². The van der Waals surface area contributed by atoms with Gasteiger partial charge in [0, 0.05) is 30.5 Å². The third-order valence-corrected chi connectivity index (χ3v) is 7.14. The molecule has 3 aliphatic carbocycles. The first kappa shape index (κ1) is 18.0. The molecule has 1 aromatic carbocycles. The normalized spacial score (nSPS) is 33.2. The quantitative estimate of drug-likeness (QED) is 0.847. The van der Waals surface area contributed by atoms with Crippen LogP contribution in [0.25, 0.3) is 0 Å².